The number of carbonyl (C=O) groups is 2. The Morgan fingerprint density at radius 1 is 1.09 bits per heavy atom. The maximum Gasteiger partial charge on any atom is 0.435 e. The van der Waals surface area contributed by atoms with E-state index in [1.165, 1.54) is 4.68 Å². The van der Waals surface area contributed by atoms with Gasteiger partial charge in [0.15, 0.2) is 5.69 Å². The highest BCUT2D eigenvalue weighted by molar-refractivity contribution is 5.77. The number of aliphatic carboxylic acids is 1. The van der Waals surface area contributed by atoms with E-state index < -0.39 is 17.8 Å². The summed E-state index contributed by atoms with van der Waals surface area (Å²) in [5.74, 6) is -1.09. The molecular weight excluding hydrogens is 423 g/mol. The van der Waals surface area contributed by atoms with Crippen molar-refractivity contribution >= 4 is 11.9 Å². The molecular formula is C23H26F3N3O3. The maximum absolute atomic E-state index is 13.6. The molecule has 1 N–H and O–H groups in total. The third-order valence-electron chi connectivity index (χ3n) is 6.59. The van der Waals surface area contributed by atoms with Crippen molar-refractivity contribution < 1.29 is 27.9 Å². The Balaban J connectivity index is 1.49. The van der Waals surface area contributed by atoms with Crippen LogP contribution in [0.3, 0.4) is 0 Å². The van der Waals surface area contributed by atoms with Gasteiger partial charge in [-0.2, -0.15) is 18.3 Å². The van der Waals surface area contributed by atoms with Crippen molar-refractivity contribution in [3.63, 3.8) is 0 Å². The zero-order chi connectivity index (χ0) is 22.9. The number of fused-ring (bicyclic) bond motifs is 1. The average Bonchev–Trinajstić information content (AvgIpc) is 3.13. The molecule has 1 amide bonds. The first-order chi connectivity index (χ1) is 15.2. The van der Waals surface area contributed by atoms with Crippen LogP contribution in [0.4, 0.5) is 13.2 Å². The van der Waals surface area contributed by atoms with Crippen molar-refractivity contribution in [2.45, 2.75) is 57.8 Å². The molecule has 2 heterocycles. The molecule has 0 unspecified atom stereocenters. The number of benzene rings is 1. The molecule has 1 fully saturated rings. The van der Waals surface area contributed by atoms with Gasteiger partial charge < -0.3 is 10.0 Å². The first-order valence-corrected chi connectivity index (χ1v) is 10.9. The summed E-state index contributed by atoms with van der Waals surface area (Å²) in [7, 11) is 0. The molecule has 0 saturated heterocycles. The fourth-order valence-corrected chi connectivity index (χ4v) is 4.80. The Bertz CT molecular complexity index is 980. The Morgan fingerprint density at radius 2 is 1.78 bits per heavy atom. The van der Waals surface area contributed by atoms with Gasteiger partial charge in [0.1, 0.15) is 0 Å². The molecule has 0 atom stereocenters. The minimum atomic E-state index is -4.54. The topological polar surface area (TPSA) is 75.4 Å². The molecule has 9 heteroatoms. The van der Waals surface area contributed by atoms with E-state index in [1.807, 2.05) is 30.3 Å². The van der Waals surface area contributed by atoms with Crippen molar-refractivity contribution in [3.8, 4) is 0 Å². The van der Waals surface area contributed by atoms with Gasteiger partial charge in [0.05, 0.1) is 24.7 Å². The number of carboxylic acid groups (broad SMARTS) is 1. The minimum Gasteiger partial charge on any atom is -0.481 e. The van der Waals surface area contributed by atoms with Gasteiger partial charge in [-0.15, -0.1) is 0 Å². The van der Waals surface area contributed by atoms with Crippen LogP contribution in [0.1, 0.15) is 54.6 Å². The Labute approximate surface area is 184 Å². The lowest BCUT2D eigenvalue weighted by atomic mass is 9.80. The fraction of sp³-hybridized carbons (Fsp3) is 0.522. The number of amides is 1. The van der Waals surface area contributed by atoms with E-state index in [1.54, 1.807) is 4.90 Å². The van der Waals surface area contributed by atoms with E-state index >= 15 is 0 Å². The summed E-state index contributed by atoms with van der Waals surface area (Å²) < 4.78 is 42.1. The van der Waals surface area contributed by atoms with Crippen LogP contribution in [0.25, 0.3) is 0 Å². The van der Waals surface area contributed by atoms with Crippen LogP contribution in [-0.4, -0.2) is 38.2 Å². The summed E-state index contributed by atoms with van der Waals surface area (Å²) >= 11 is 0. The summed E-state index contributed by atoms with van der Waals surface area (Å²) in [4.78, 5) is 25.7. The van der Waals surface area contributed by atoms with E-state index in [-0.39, 0.29) is 49.4 Å². The number of aromatic nitrogens is 2. The van der Waals surface area contributed by atoms with Gasteiger partial charge in [-0.3, -0.25) is 14.3 Å². The number of hydrogen-bond donors (Lipinski definition) is 1. The molecule has 172 valence electrons. The van der Waals surface area contributed by atoms with Gasteiger partial charge >= 0.3 is 12.1 Å². The zero-order valence-corrected chi connectivity index (χ0v) is 17.6. The second kappa shape index (κ2) is 8.96. The van der Waals surface area contributed by atoms with Crippen LogP contribution in [0.5, 0.6) is 0 Å². The van der Waals surface area contributed by atoms with Crippen LogP contribution >= 0.6 is 0 Å². The number of rotatable bonds is 5. The molecule has 1 aromatic carbocycles. The summed E-state index contributed by atoms with van der Waals surface area (Å²) in [6, 6.07) is 9.16. The first kappa shape index (κ1) is 22.4. The van der Waals surface area contributed by atoms with Crippen molar-refractivity contribution in [1.29, 1.82) is 0 Å². The zero-order valence-electron chi connectivity index (χ0n) is 17.6. The third kappa shape index (κ3) is 4.81. The molecule has 1 aromatic heterocycles. The van der Waals surface area contributed by atoms with Crippen LogP contribution < -0.4 is 0 Å². The number of carboxylic acids is 1. The lowest BCUT2D eigenvalue weighted by molar-refractivity contribution is -0.143. The molecule has 0 spiro atoms. The molecule has 1 aliphatic heterocycles. The Hall–Kier alpha value is -2.84. The van der Waals surface area contributed by atoms with Crippen molar-refractivity contribution in [2.75, 3.05) is 6.54 Å². The lowest BCUT2D eigenvalue weighted by Gasteiger charge is -2.31. The smallest absolute Gasteiger partial charge is 0.435 e. The molecule has 32 heavy (non-hydrogen) atoms. The van der Waals surface area contributed by atoms with Gasteiger partial charge in [-0.1, -0.05) is 30.3 Å². The molecule has 2 aliphatic rings. The number of nitrogens with zero attached hydrogens (tertiary/aromatic N) is 3. The van der Waals surface area contributed by atoms with Crippen LogP contribution in [0.15, 0.2) is 30.3 Å². The van der Waals surface area contributed by atoms with Gasteiger partial charge in [-0.25, -0.2) is 0 Å². The SMILES string of the molecule is O=C(C[C@H]1CC[C@@H](C(=O)O)CC1)N1CCc2c(C(F)(F)F)nn(Cc3ccccc3)c2C1. The van der Waals surface area contributed by atoms with Gasteiger partial charge in [0.25, 0.3) is 0 Å². The van der Waals surface area contributed by atoms with Gasteiger partial charge in [0, 0.05) is 18.5 Å². The molecule has 1 aliphatic carbocycles. The van der Waals surface area contributed by atoms with Crippen molar-refractivity contribution in [3.05, 3.63) is 52.8 Å². The number of hydrogen-bond acceptors (Lipinski definition) is 3. The molecule has 6 nitrogen and oxygen atoms in total. The number of alkyl halides is 3. The van der Waals surface area contributed by atoms with Crippen LogP contribution in [-0.2, 0) is 35.3 Å². The van der Waals surface area contributed by atoms with Crippen molar-refractivity contribution in [1.82, 2.24) is 14.7 Å². The molecule has 2 aromatic rings. The Kier molecular flexibility index (Phi) is 6.26. The normalized spacial score (nSPS) is 21.3. The molecule has 0 bridgehead atoms. The highest BCUT2D eigenvalue weighted by atomic mass is 19.4. The van der Waals surface area contributed by atoms with E-state index in [2.05, 4.69) is 5.10 Å². The van der Waals surface area contributed by atoms with Gasteiger partial charge in [0.2, 0.25) is 5.91 Å². The first-order valence-electron chi connectivity index (χ1n) is 10.9. The molecule has 1 saturated carbocycles. The predicted molar refractivity (Wildman–Crippen MR) is 110 cm³/mol. The second-order valence-corrected chi connectivity index (χ2v) is 8.74. The van der Waals surface area contributed by atoms with E-state index in [0.717, 1.165) is 5.56 Å². The van der Waals surface area contributed by atoms with E-state index in [4.69, 9.17) is 5.11 Å². The quantitative estimate of drug-likeness (QED) is 0.745. The number of halogens is 3. The largest absolute Gasteiger partial charge is 0.481 e. The fourth-order valence-electron chi connectivity index (χ4n) is 4.80. The highest BCUT2D eigenvalue weighted by Gasteiger charge is 2.41. The third-order valence-corrected chi connectivity index (χ3v) is 6.59. The minimum absolute atomic E-state index is 0.0876. The maximum atomic E-state index is 13.6. The average molecular weight is 449 g/mol. The lowest BCUT2D eigenvalue weighted by Crippen LogP contribution is -2.38. The monoisotopic (exact) mass is 449 g/mol. The summed E-state index contributed by atoms with van der Waals surface area (Å²) in [6.45, 7) is 0.547. The van der Waals surface area contributed by atoms with E-state index in [0.29, 0.717) is 37.8 Å². The second-order valence-electron chi connectivity index (χ2n) is 8.74. The summed E-state index contributed by atoms with van der Waals surface area (Å²) in [5, 5.41) is 13.0. The summed E-state index contributed by atoms with van der Waals surface area (Å²) in [5.41, 5.74) is 0.600. The molecule has 0 radical (unpaired) electrons. The number of carbonyl (C=O) groups excluding carboxylic acids is 1. The van der Waals surface area contributed by atoms with Crippen LogP contribution in [0.2, 0.25) is 0 Å². The van der Waals surface area contributed by atoms with Crippen molar-refractivity contribution in [2.24, 2.45) is 11.8 Å². The Morgan fingerprint density at radius 3 is 2.41 bits per heavy atom. The van der Waals surface area contributed by atoms with E-state index in [9.17, 15) is 22.8 Å². The van der Waals surface area contributed by atoms with Gasteiger partial charge in [-0.05, 0) is 43.6 Å². The standard InChI is InChI=1S/C23H26F3N3O3/c24-23(25,26)21-18-10-11-28(20(30)12-15-6-8-17(9-7-15)22(31)32)14-19(18)29(27-21)13-16-4-2-1-3-5-16/h1-5,15,17H,6-14H2,(H,31,32)/t15-,17+. The van der Waals surface area contributed by atoms with Crippen LogP contribution in [0, 0.1) is 11.8 Å². The summed E-state index contributed by atoms with van der Waals surface area (Å²) in [6.07, 6.45) is -1.61. The highest BCUT2D eigenvalue weighted by Crippen LogP contribution is 2.36. The predicted octanol–water partition coefficient (Wildman–Crippen LogP) is 4.12. The molecule has 4 rings (SSSR count).